The van der Waals surface area contributed by atoms with Gasteiger partial charge in [0.25, 0.3) is 0 Å². The average Bonchev–Trinajstić information content (AvgIpc) is 2.93. The fourth-order valence-electron chi connectivity index (χ4n) is 5.95. The summed E-state index contributed by atoms with van der Waals surface area (Å²) in [5.74, 6) is -0.343. The lowest BCUT2D eigenvalue weighted by molar-refractivity contribution is -0.166. The molecule has 1 aliphatic heterocycles. The Labute approximate surface area is 226 Å². The predicted octanol–water partition coefficient (Wildman–Crippen LogP) is 5.52. The maximum absolute atomic E-state index is 13.2. The third-order valence-corrected chi connectivity index (χ3v) is 8.31. The Kier molecular flexibility index (Phi) is 7.16. The number of benzene rings is 2. The van der Waals surface area contributed by atoms with Crippen molar-refractivity contribution in [3.63, 3.8) is 0 Å². The van der Waals surface area contributed by atoms with Crippen LogP contribution in [-0.4, -0.2) is 33.0 Å². The summed E-state index contributed by atoms with van der Waals surface area (Å²) in [5.41, 5.74) is 0.289. The van der Waals surface area contributed by atoms with Gasteiger partial charge in [0.15, 0.2) is 11.0 Å². The summed E-state index contributed by atoms with van der Waals surface area (Å²) < 4.78 is 18.9. The van der Waals surface area contributed by atoms with Crippen LogP contribution in [0.5, 0.6) is 17.2 Å². The SMILES string of the molecule is C/C=C(/C)C(=O)O[C@@H]1Cc2c(c(-c3cccc(O)c3)c3oc(CO)cc(=O)c3c2O)O[C@@]1(C)C1CCCCC1. The monoisotopic (exact) mass is 534 g/mol. The molecule has 2 atom stereocenters. The highest BCUT2D eigenvalue weighted by atomic mass is 16.6. The van der Waals surface area contributed by atoms with E-state index in [4.69, 9.17) is 13.9 Å². The van der Waals surface area contributed by atoms with Crippen molar-refractivity contribution >= 4 is 16.9 Å². The number of hydrogen-bond acceptors (Lipinski definition) is 8. The molecule has 2 aliphatic rings. The molecular formula is C31H34O8. The van der Waals surface area contributed by atoms with Gasteiger partial charge in [-0.05, 0) is 51.3 Å². The van der Waals surface area contributed by atoms with Gasteiger partial charge in [0.05, 0.1) is 5.56 Å². The Hall–Kier alpha value is -3.78. The molecule has 0 radical (unpaired) electrons. The molecule has 1 aromatic heterocycles. The van der Waals surface area contributed by atoms with Gasteiger partial charge in [-0.25, -0.2) is 4.79 Å². The van der Waals surface area contributed by atoms with Crippen LogP contribution in [0.15, 0.2) is 51.2 Å². The van der Waals surface area contributed by atoms with E-state index in [2.05, 4.69) is 0 Å². The number of fused-ring (bicyclic) bond motifs is 2. The molecule has 2 heterocycles. The van der Waals surface area contributed by atoms with Gasteiger partial charge in [0, 0.05) is 29.5 Å². The third-order valence-electron chi connectivity index (χ3n) is 8.31. The number of allylic oxidation sites excluding steroid dienone is 1. The highest BCUT2D eigenvalue weighted by molar-refractivity contribution is 6.01. The van der Waals surface area contributed by atoms with Crippen molar-refractivity contribution in [2.24, 2.45) is 5.92 Å². The largest absolute Gasteiger partial charge is 0.508 e. The zero-order valence-electron chi connectivity index (χ0n) is 22.5. The lowest BCUT2D eigenvalue weighted by Crippen LogP contribution is -2.56. The normalized spacial score (nSPS) is 21.8. The first-order valence-corrected chi connectivity index (χ1v) is 13.5. The smallest absolute Gasteiger partial charge is 0.333 e. The van der Waals surface area contributed by atoms with Crippen LogP contribution in [0.1, 0.15) is 64.2 Å². The first kappa shape index (κ1) is 26.8. The van der Waals surface area contributed by atoms with Crippen LogP contribution in [0.4, 0.5) is 0 Å². The molecule has 5 rings (SSSR count). The minimum atomic E-state index is -0.933. The fourth-order valence-corrected chi connectivity index (χ4v) is 5.95. The zero-order chi connectivity index (χ0) is 27.9. The Bertz CT molecular complexity index is 1510. The molecule has 0 spiro atoms. The maximum Gasteiger partial charge on any atom is 0.333 e. The Morgan fingerprint density at radius 2 is 1.92 bits per heavy atom. The third kappa shape index (κ3) is 4.67. The molecule has 1 fully saturated rings. The molecular weight excluding hydrogens is 500 g/mol. The Morgan fingerprint density at radius 3 is 2.59 bits per heavy atom. The second-order valence-electron chi connectivity index (χ2n) is 10.7. The Morgan fingerprint density at radius 1 is 1.18 bits per heavy atom. The van der Waals surface area contributed by atoms with E-state index in [0.29, 0.717) is 28.0 Å². The van der Waals surface area contributed by atoms with E-state index in [-0.39, 0.29) is 40.6 Å². The van der Waals surface area contributed by atoms with Crippen molar-refractivity contribution in [2.45, 2.75) is 77.6 Å². The molecule has 0 saturated heterocycles. The van der Waals surface area contributed by atoms with Crippen LogP contribution in [0.2, 0.25) is 0 Å². The number of carbonyl (C=O) groups excluding carboxylic acids is 1. The molecule has 3 N–H and O–H groups in total. The number of aliphatic hydroxyl groups excluding tert-OH is 1. The van der Waals surface area contributed by atoms with Crippen LogP contribution in [-0.2, 0) is 22.6 Å². The van der Waals surface area contributed by atoms with Crippen molar-refractivity contribution in [2.75, 3.05) is 0 Å². The summed E-state index contributed by atoms with van der Waals surface area (Å²) in [4.78, 5) is 26.1. The van der Waals surface area contributed by atoms with Crippen molar-refractivity contribution in [3.05, 3.63) is 63.5 Å². The molecule has 0 unspecified atom stereocenters. The number of phenolic OH excluding ortho intramolecular Hbond substituents is 2. The average molecular weight is 535 g/mol. The molecule has 8 heteroatoms. The summed E-state index contributed by atoms with van der Waals surface area (Å²) in [5, 5.41) is 31.4. The van der Waals surface area contributed by atoms with Gasteiger partial charge in [0.2, 0.25) is 0 Å². The standard InChI is InChI=1S/C31H34O8/c1-4-17(2)30(36)38-24-15-22-27(35)26-23(34)14-21(16-32)37-29(26)25(18-9-8-12-20(33)13-18)28(22)39-31(24,3)19-10-6-5-7-11-19/h4,8-9,12-14,19,24,32-33,35H,5-7,10-11,15-16H2,1-3H3/b17-4-/t24-,31+/m1/s1. The second kappa shape index (κ2) is 10.4. The van der Waals surface area contributed by atoms with Gasteiger partial charge in [0.1, 0.15) is 46.7 Å². The first-order valence-electron chi connectivity index (χ1n) is 13.5. The molecule has 39 heavy (non-hydrogen) atoms. The van der Waals surface area contributed by atoms with Gasteiger partial charge in [-0.15, -0.1) is 0 Å². The lowest BCUT2D eigenvalue weighted by Gasteiger charge is -2.48. The first-order chi connectivity index (χ1) is 18.7. The van der Waals surface area contributed by atoms with Crippen molar-refractivity contribution in [1.29, 1.82) is 0 Å². The van der Waals surface area contributed by atoms with E-state index < -0.39 is 29.7 Å². The molecule has 206 valence electrons. The van der Waals surface area contributed by atoms with E-state index in [0.717, 1.165) is 38.2 Å². The highest BCUT2D eigenvalue weighted by Gasteiger charge is 2.51. The number of hydrogen-bond donors (Lipinski definition) is 3. The molecule has 2 aromatic carbocycles. The summed E-state index contributed by atoms with van der Waals surface area (Å²) in [6, 6.07) is 7.61. The van der Waals surface area contributed by atoms with E-state index in [1.807, 2.05) is 6.92 Å². The number of esters is 1. The maximum atomic E-state index is 13.2. The topological polar surface area (TPSA) is 126 Å². The highest BCUT2D eigenvalue weighted by Crippen LogP contribution is 2.53. The van der Waals surface area contributed by atoms with Crippen LogP contribution >= 0.6 is 0 Å². The van der Waals surface area contributed by atoms with Crippen LogP contribution in [0.3, 0.4) is 0 Å². The second-order valence-corrected chi connectivity index (χ2v) is 10.7. The van der Waals surface area contributed by atoms with Gasteiger partial charge in [-0.3, -0.25) is 4.79 Å². The summed E-state index contributed by atoms with van der Waals surface area (Å²) >= 11 is 0. The number of phenols is 2. The predicted molar refractivity (Wildman–Crippen MR) is 146 cm³/mol. The van der Waals surface area contributed by atoms with Crippen LogP contribution in [0, 0.1) is 5.92 Å². The minimum absolute atomic E-state index is 0.00243. The molecule has 3 aromatic rings. The van der Waals surface area contributed by atoms with Crippen LogP contribution in [0.25, 0.3) is 22.1 Å². The molecule has 8 nitrogen and oxygen atoms in total. The minimum Gasteiger partial charge on any atom is -0.508 e. The number of aliphatic hydroxyl groups is 1. The molecule has 1 saturated carbocycles. The quantitative estimate of drug-likeness (QED) is 0.289. The van der Waals surface area contributed by atoms with Gasteiger partial charge in [-0.2, -0.15) is 0 Å². The van der Waals surface area contributed by atoms with Crippen LogP contribution < -0.4 is 10.2 Å². The van der Waals surface area contributed by atoms with Gasteiger partial charge in [-0.1, -0.05) is 37.5 Å². The Balaban J connectivity index is 1.80. The summed E-state index contributed by atoms with van der Waals surface area (Å²) in [7, 11) is 0. The van der Waals surface area contributed by atoms with Gasteiger partial charge < -0.3 is 29.2 Å². The van der Waals surface area contributed by atoms with E-state index in [9.17, 15) is 24.9 Å². The number of aromatic hydroxyl groups is 2. The number of ether oxygens (including phenoxy) is 2. The molecule has 0 bridgehead atoms. The number of carbonyl (C=O) groups is 1. The number of rotatable bonds is 5. The van der Waals surface area contributed by atoms with Crippen molar-refractivity contribution in [3.8, 4) is 28.4 Å². The summed E-state index contributed by atoms with van der Waals surface area (Å²) in [6.07, 6.45) is 6.07. The fraction of sp³-hybridized carbons (Fsp3) is 0.419. The lowest BCUT2D eigenvalue weighted by atomic mass is 9.72. The van der Waals surface area contributed by atoms with Gasteiger partial charge >= 0.3 is 5.97 Å². The van der Waals surface area contributed by atoms with E-state index in [1.165, 1.54) is 12.1 Å². The van der Waals surface area contributed by atoms with Crippen molar-refractivity contribution < 1.29 is 34.0 Å². The van der Waals surface area contributed by atoms with Crippen molar-refractivity contribution in [1.82, 2.24) is 0 Å². The zero-order valence-corrected chi connectivity index (χ0v) is 22.5. The van der Waals surface area contributed by atoms with E-state index in [1.54, 1.807) is 32.1 Å². The molecule has 1 aliphatic carbocycles. The molecule has 0 amide bonds. The summed E-state index contributed by atoms with van der Waals surface area (Å²) in [6.45, 7) is 4.89. The van der Waals surface area contributed by atoms with E-state index >= 15 is 0 Å².